The Kier molecular flexibility index (Phi) is 4.20. The lowest BCUT2D eigenvalue weighted by atomic mass is 9.93. The summed E-state index contributed by atoms with van der Waals surface area (Å²) < 4.78 is 0. The summed E-state index contributed by atoms with van der Waals surface area (Å²) in [5.74, 6) is 0. The van der Waals surface area contributed by atoms with Crippen molar-refractivity contribution in [3.63, 3.8) is 0 Å². The van der Waals surface area contributed by atoms with Crippen LogP contribution in [0, 0.1) is 0 Å². The summed E-state index contributed by atoms with van der Waals surface area (Å²) in [6.45, 7) is 4.07. The van der Waals surface area contributed by atoms with Crippen LogP contribution in [0.5, 0.6) is 0 Å². The summed E-state index contributed by atoms with van der Waals surface area (Å²) in [4.78, 5) is 0.990. The van der Waals surface area contributed by atoms with Gasteiger partial charge in [-0.25, -0.2) is 0 Å². The van der Waals surface area contributed by atoms with Gasteiger partial charge in [0.2, 0.25) is 0 Å². The second kappa shape index (κ2) is 5.68. The Morgan fingerprint density at radius 1 is 1.17 bits per heavy atom. The van der Waals surface area contributed by atoms with Crippen molar-refractivity contribution in [2.24, 2.45) is 0 Å². The van der Waals surface area contributed by atoms with Crippen LogP contribution in [-0.2, 0) is 12.0 Å². The first kappa shape index (κ1) is 13.3. The topological polar surface area (TPSA) is 20.2 Å². The zero-order valence-corrected chi connectivity index (χ0v) is 11.8. The molecule has 18 heavy (non-hydrogen) atoms. The van der Waals surface area contributed by atoms with Crippen LogP contribution in [0.2, 0.25) is 0 Å². The molecule has 0 aliphatic rings. The lowest BCUT2D eigenvalue weighted by molar-refractivity contribution is 0.106. The van der Waals surface area contributed by atoms with E-state index in [4.69, 9.17) is 0 Å². The SMILES string of the molecule is CCCCc1ccc(C(C)(O)c2cccs2)cc1. The van der Waals surface area contributed by atoms with Gasteiger partial charge in [-0.05, 0) is 42.3 Å². The molecule has 0 aliphatic heterocycles. The van der Waals surface area contributed by atoms with Crippen molar-refractivity contribution in [3.8, 4) is 0 Å². The number of hydrogen-bond acceptors (Lipinski definition) is 2. The number of aliphatic hydroxyl groups is 1. The monoisotopic (exact) mass is 260 g/mol. The highest BCUT2D eigenvalue weighted by Crippen LogP contribution is 2.32. The molecule has 96 valence electrons. The Bertz CT molecular complexity index is 468. The molecule has 1 aromatic carbocycles. The maximum absolute atomic E-state index is 10.6. The van der Waals surface area contributed by atoms with E-state index in [-0.39, 0.29) is 0 Å². The molecule has 2 rings (SSSR count). The third-order valence-electron chi connectivity index (χ3n) is 3.34. The van der Waals surface area contributed by atoms with Gasteiger partial charge in [-0.3, -0.25) is 0 Å². The predicted octanol–water partition coefficient (Wildman–Crippen LogP) is 4.35. The van der Waals surface area contributed by atoms with E-state index in [1.165, 1.54) is 18.4 Å². The quantitative estimate of drug-likeness (QED) is 0.847. The van der Waals surface area contributed by atoms with Crippen molar-refractivity contribution in [3.05, 3.63) is 57.8 Å². The molecule has 0 fully saturated rings. The van der Waals surface area contributed by atoms with Gasteiger partial charge >= 0.3 is 0 Å². The highest BCUT2D eigenvalue weighted by molar-refractivity contribution is 7.10. The molecule has 2 heteroatoms. The van der Waals surface area contributed by atoms with Crippen LogP contribution < -0.4 is 0 Å². The smallest absolute Gasteiger partial charge is 0.121 e. The van der Waals surface area contributed by atoms with Gasteiger partial charge in [0.25, 0.3) is 0 Å². The first-order valence-electron chi connectivity index (χ1n) is 6.50. The van der Waals surface area contributed by atoms with Gasteiger partial charge in [-0.15, -0.1) is 11.3 Å². The van der Waals surface area contributed by atoms with Crippen molar-refractivity contribution >= 4 is 11.3 Å². The van der Waals surface area contributed by atoms with Gasteiger partial charge in [0.1, 0.15) is 5.60 Å². The molecular weight excluding hydrogens is 240 g/mol. The largest absolute Gasteiger partial charge is 0.380 e. The average Bonchev–Trinajstić information content (AvgIpc) is 2.91. The lowest BCUT2D eigenvalue weighted by Gasteiger charge is -2.22. The third-order valence-corrected chi connectivity index (χ3v) is 4.42. The molecule has 1 heterocycles. The molecule has 0 spiro atoms. The standard InChI is InChI=1S/C16H20OS/c1-3-4-6-13-8-10-14(11-9-13)16(2,17)15-7-5-12-18-15/h5,7-12,17H,3-4,6H2,1-2H3. The Morgan fingerprint density at radius 2 is 1.89 bits per heavy atom. The fourth-order valence-corrected chi connectivity index (χ4v) is 2.88. The molecule has 0 saturated heterocycles. The van der Waals surface area contributed by atoms with Crippen LogP contribution in [0.15, 0.2) is 41.8 Å². The normalized spacial score (nSPS) is 14.4. The van der Waals surface area contributed by atoms with Gasteiger partial charge in [0.15, 0.2) is 0 Å². The minimum Gasteiger partial charge on any atom is -0.380 e. The van der Waals surface area contributed by atoms with Gasteiger partial charge in [0.05, 0.1) is 0 Å². The first-order chi connectivity index (χ1) is 8.64. The second-order valence-corrected chi connectivity index (χ2v) is 5.80. The number of unbranched alkanes of at least 4 members (excludes halogenated alkanes) is 1. The number of rotatable bonds is 5. The highest BCUT2D eigenvalue weighted by atomic mass is 32.1. The van der Waals surface area contributed by atoms with E-state index in [2.05, 4.69) is 19.1 Å². The highest BCUT2D eigenvalue weighted by Gasteiger charge is 2.26. The molecule has 0 amide bonds. The van der Waals surface area contributed by atoms with E-state index in [1.54, 1.807) is 11.3 Å². The van der Waals surface area contributed by atoms with Crippen LogP contribution >= 0.6 is 11.3 Å². The molecule has 0 bridgehead atoms. The van der Waals surface area contributed by atoms with Crippen LogP contribution in [-0.4, -0.2) is 5.11 Å². The van der Waals surface area contributed by atoms with E-state index in [0.29, 0.717) is 0 Å². The Balaban J connectivity index is 2.18. The zero-order valence-electron chi connectivity index (χ0n) is 11.0. The molecule has 0 aliphatic carbocycles. The van der Waals surface area contributed by atoms with E-state index >= 15 is 0 Å². The van der Waals surface area contributed by atoms with E-state index in [0.717, 1.165) is 16.9 Å². The number of benzene rings is 1. The van der Waals surface area contributed by atoms with Crippen LogP contribution in [0.4, 0.5) is 0 Å². The first-order valence-corrected chi connectivity index (χ1v) is 7.38. The second-order valence-electron chi connectivity index (χ2n) is 4.85. The Labute approximate surface area is 113 Å². The van der Waals surface area contributed by atoms with Crippen molar-refractivity contribution in [1.29, 1.82) is 0 Å². The van der Waals surface area contributed by atoms with E-state index < -0.39 is 5.60 Å². The maximum Gasteiger partial charge on any atom is 0.121 e. The molecule has 1 atom stereocenters. The summed E-state index contributed by atoms with van der Waals surface area (Å²) in [7, 11) is 0. The lowest BCUT2D eigenvalue weighted by Crippen LogP contribution is -2.21. The predicted molar refractivity (Wildman–Crippen MR) is 78.0 cm³/mol. The van der Waals surface area contributed by atoms with Crippen molar-refractivity contribution in [1.82, 2.24) is 0 Å². The fraction of sp³-hybridized carbons (Fsp3) is 0.375. The van der Waals surface area contributed by atoms with Crippen molar-refractivity contribution in [2.45, 2.75) is 38.7 Å². The summed E-state index contributed by atoms with van der Waals surface area (Å²) in [6.07, 6.45) is 3.56. The summed E-state index contributed by atoms with van der Waals surface area (Å²) in [5, 5.41) is 12.6. The summed E-state index contributed by atoms with van der Waals surface area (Å²) in [5.41, 5.74) is 1.44. The van der Waals surface area contributed by atoms with Crippen LogP contribution in [0.1, 0.15) is 42.7 Å². The number of hydrogen-bond donors (Lipinski definition) is 1. The third kappa shape index (κ3) is 2.82. The molecule has 1 nitrogen and oxygen atoms in total. The minimum atomic E-state index is -0.878. The molecule has 0 saturated carbocycles. The molecular formula is C16H20OS. The molecule has 1 N–H and O–H groups in total. The molecule has 1 unspecified atom stereocenters. The van der Waals surface area contributed by atoms with Crippen molar-refractivity contribution in [2.75, 3.05) is 0 Å². The summed E-state index contributed by atoms with van der Waals surface area (Å²) in [6, 6.07) is 12.3. The van der Waals surface area contributed by atoms with Gasteiger partial charge < -0.3 is 5.11 Å². The average molecular weight is 260 g/mol. The van der Waals surface area contributed by atoms with E-state index in [1.807, 2.05) is 36.6 Å². The Morgan fingerprint density at radius 3 is 2.44 bits per heavy atom. The molecule has 2 aromatic rings. The molecule has 1 aromatic heterocycles. The van der Waals surface area contributed by atoms with Gasteiger partial charge in [0, 0.05) is 4.88 Å². The van der Waals surface area contributed by atoms with Gasteiger partial charge in [-0.2, -0.15) is 0 Å². The Hall–Kier alpha value is -1.12. The minimum absolute atomic E-state index is 0.878. The van der Waals surface area contributed by atoms with Crippen LogP contribution in [0.3, 0.4) is 0 Å². The zero-order chi connectivity index (χ0) is 13.0. The van der Waals surface area contributed by atoms with E-state index in [9.17, 15) is 5.11 Å². The number of aryl methyl sites for hydroxylation is 1. The van der Waals surface area contributed by atoms with Gasteiger partial charge in [-0.1, -0.05) is 43.7 Å². The number of thiophene rings is 1. The van der Waals surface area contributed by atoms with Crippen molar-refractivity contribution < 1.29 is 5.11 Å². The van der Waals surface area contributed by atoms with Crippen LogP contribution in [0.25, 0.3) is 0 Å². The molecule has 0 radical (unpaired) electrons. The maximum atomic E-state index is 10.6. The summed E-state index contributed by atoms with van der Waals surface area (Å²) >= 11 is 1.59. The fourth-order valence-electron chi connectivity index (χ4n) is 2.07.